The normalized spacial score (nSPS) is 19.1. The zero-order valence-corrected chi connectivity index (χ0v) is 18.4. The summed E-state index contributed by atoms with van der Waals surface area (Å²) in [5, 5.41) is 9.84. The highest BCUT2D eigenvalue weighted by Crippen LogP contribution is 2.33. The largest absolute Gasteiger partial charge is 0.381 e. The van der Waals surface area contributed by atoms with Crippen LogP contribution in [0.1, 0.15) is 31.4 Å². The topological polar surface area (TPSA) is 119 Å². The lowest BCUT2D eigenvalue weighted by Crippen LogP contribution is -2.58. The van der Waals surface area contributed by atoms with Crippen LogP contribution in [0.5, 0.6) is 0 Å². The Morgan fingerprint density at radius 3 is 2.68 bits per heavy atom. The average Bonchev–Trinajstić information content (AvgIpc) is 3.24. The number of anilines is 3. The van der Waals surface area contributed by atoms with E-state index in [0.717, 1.165) is 54.0 Å². The van der Waals surface area contributed by atoms with E-state index in [-0.39, 0.29) is 0 Å². The number of primary amides is 1. The highest BCUT2D eigenvalue weighted by Gasteiger charge is 2.36. The lowest BCUT2D eigenvalue weighted by atomic mass is 9.87. The highest BCUT2D eigenvalue weighted by atomic mass is 32.1. The van der Waals surface area contributed by atoms with E-state index in [4.69, 9.17) is 21.2 Å². The molecular weight excluding hydrogens is 412 g/mol. The third-order valence-corrected chi connectivity index (χ3v) is 6.81. The predicted octanol–water partition coefficient (Wildman–Crippen LogP) is 2.60. The molecule has 8 nitrogen and oxygen atoms in total. The molecule has 1 aromatic heterocycles. The standard InChI is InChI=1S/C22H30N6O2S/c1-15(18-14-31-21(27-18)26-16-6-12-30-13-7-16)25-17-4-2-3-5-19(17)28-10-8-22(24,9-11-28)20(23)29/h2-5,14,16,25H,1,6-13,24H2,(H2,23,29)(H,26,27). The third-order valence-electron chi connectivity index (χ3n) is 6.04. The van der Waals surface area contributed by atoms with Crippen molar-refractivity contribution in [3.05, 3.63) is 41.9 Å². The van der Waals surface area contributed by atoms with Crippen molar-refractivity contribution in [1.29, 1.82) is 0 Å². The van der Waals surface area contributed by atoms with Gasteiger partial charge in [-0.15, -0.1) is 11.3 Å². The second-order valence-corrected chi connectivity index (χ2v) is 9.06. The summed E-state index contributed by atoms with van der Waals surface area (Å²) in [5.74, 6) is -0.430. The van der Waals surface area contributed by atoms with Crippen molar-refractivity contribution < 1.29 is 9.53 Å². The fourth-order valence-electron chi connectivity index (χ4n) is 3.97. The van der Waals surface area contributed by atoms with E-state index in [0.29, 0.717) is 32.0 Å². The van der Waals surface area contributed by atoms with Gasteiger partial charge in [0.15, 0.2) is 5.13 Å². The van der Waals surface area contributed by atoms with Crippen molar-refractivity contribution in [2.75, 3.05) is 41.8 Å². The number of hydrogen-bond donors (Lipinski definition) is 4. The van der Waals surface area contributed by atoms with Gasteiger partial charge >= 0.3 is 0 Å². The van der Waals surface area contributed by atoms with E-state index in [9.17, 15) is 4.79 Å². The predicted molar refractivity (Wildman–Crippen MR) is 126 cm³/mol. The number of aromatic nitrogens is 1. The molecule has 2 aromatic rings. The van der Waals surface area contributed by atoms with E-state index in [2.05, 4.69) is 28.2 Å². The van der Waals surface area contributed by atoms with Gasteiger partial charge in [-0.2, -0.15) is 0 Å². The van der Waals surface area contributed by atoms with Crippen molar-refractivity contribution in [1.82, 2.24) is 4.98 Å². The second-order valence-electron chi connectivity index (χ2n) is 8.20. The van der Waals surface area contributed by atoms with Gasteiger partial charge in [-0.25, -0.2) is 4.98 Å². The summed E-state index contributed by atoms with van der Waals surface area (Å²) in [6.45, 7) is 7.12. The quantitative estimate of drug-likeness (QED) is 0.520. The molecule has 2 fully saturated rings. The molecule has 6 N–H and O–H groups in total. The van der Waals surface area contributed by atoms with Crippen molar-refractivity contribution in [3.8, 4) is 0 Å². The van der Waals surface area contributed by atoms with Crippen LogP contribution in [-0.4, -0.2) is 48.8 Å². The van der Waals surface area contributed by atoms with Gasteiger partial charge in [0.2, 0.25) is 5.91 Å². The van der Waals surface area contributed by atoms with E-state index in [1.807, 2.05) is 23.6 Å². The van der Waals surface area contributed by atoms with Gasteiger partial charge in [0, 0.05) is 37.7 Å². The first-order valence-electron chi connectivity index (χ1n) is 10.6. The Balaban J connectivity index is 1.41. The maximum Gasteiger partial charge on any atom is 0.237 e. The maximum atomic E-state index is 11.7. The number of carbonyl (C=O) groups excluding carboxylic acids is 1. The number of ether oxygens (including phenoxy) is 1. The zero-order valence-electron chi connectivity index (χ0n) is 17.6. The van der Waals surface area contributed by atoms with Crippen LogP contribution in [0.3, 0.4) is 0 Å². The molecule has 2 aliphatic rings. The summed E-state index contributed by atoms with van der Waals surface area (Å²) < 4.78 is 5.42. The number of benzene rings is 1. The molecule has 0 unspecified atom stereocenters. The van der Waals surface area contributed by atoms with E-state index < -0.39 is 11.4 Å². The van der Waals surface area contributed by atoms with Crippen LogP contribution in [0.15, 0.2) is 36.2 Å². The van der Waals surface area contributed by atoms with Crippen molar-refractivity contribution in [2.45, 2.75) is 37.3 Å². The van der Waals surface area contributed by atoms with E-state index in [1.165, 1.54) is 0 Å². The van der Waals surface area contributed by atoms with Crippen LogP contribution >= 0.6 is 11.3 Å². The molecule has 9 heteroatoms. The van der Waals surface area contributed by atoms with Gasteiger partial charge in [-0.1, -0.05) is 18.7 Å². The minimum atomic E-state index is -0.920. The number of amides is 1. The number of para-hydroxylation sites is 2. The highest BCUT2D eigenvalue weighted by molar-refractivity contribution is 7.13. The Morgan fingerprint density at radius 1 is 1.26 bits per heavy atom. The van der Waals surface area contributed by atoms with Crippen LogP contribution in [0.4, 0.5) is 16.5 Å². The summed E-state index contributed by atoms with van der Waals surface area (Å²) in [7, 11) is 0. The Labute approximate surface area is 186 Å². The molecule has 0 saturated carbocycles. The van der Waals surface area contributed by atoms with Crippen LogP contribution in [0.2, 0.25) is 0 Å². The molecule has 3 heterocycles. The van der Waals surface area contributed by atoms with Gasteiger partial charge < -0.3 is 31.7 Å². The fraction of sp³-hybridized carbons (Fsp3) is 0.455. The number of hydrogen-bond acceptors (Lipinski definition) is 8. The van der Waals surface area contributed by atoms with Gasteiger partial charge in [0.1, 0.15) is 0 Å². The Kier molecular flexibility index (Phi) is 6.45. The Bertz CT molecular complexity index is 932. The van der Waals surface area contributed by atoms with Gasteiger partial charge in [-0.05, 0) is 37.8 Å². The Morgan fingerprint density at radius 2 is 1.97 bits per heavy atom. The molecule has 1 amide bonds. The van der Waals surface area contributed by atoms with Crippen LogP contribution in [-0.2, 0) is 9.53 Å². The summed E-state index contributed by atoms with van der Waals surface area (Å²) in [6.07, 6.45) is 3.06. The van der Waals surface area contributed by atoms with Crippen molar-refractivity contribution in [2.24, 2.45) is 11.5 Å². The van der Waals surface area contributed by atoms with Gasteiger partial charge in [0.25, 0.3) is 0 Å². The fourth-order valence-corrected chi connectivity index (χ4v) is 4.77. The maximum absolute atomic E-state index is 11.7. The van der Waals surface area contributed by atoms with E-state index in [1.54, 1.807) is 11.3 Å². The summed E-state index contributed by atoms with van der Waals surface area (Å²) in [4.78, 5) is 18.6. The SMILES string of the molecule is C=C(Nc1ccccc1N1CCC(N)(C(N)=O)CC1)c1csc(NC2CCOCC2)n1. The number of nitrogens with one attached hydrogen (secondary N) is 2. The summed E-state index contributed by atoms with van der Waals surface area (Å²) >= 11 is 1.58. The zero-order chi connectivity index (χ0) is 21.8. The molecule has 0 atom stereocenters. The molecule has 2 saturated heterocycles. The number of nitrogens with two attached hydrogens (primary N) is 2. The smallest absolute Gasteiger partial charge is 0.237 e. The number of piperidine rings is 1. The second kappa shape index (κ2) is 9.25. The monoisotopic (exact) mass is 442 g/mol. The summed E-state index contributed by atoms with van der Waals surface area (Å²) in [5.41, 5.74) is 14.3. The van der Waals surface area contributed by atoms with Crippen LogP contribution < -0.4 is 27.0 Å². The molecule has 0 spiro atoms. The molecule has 4 rings (SSSR count). The first-order valence-corrected chi connectivity index (χ1v) is 11.5. The summed E-state index contributed by atoms with van der Waals surface area (Å²) in [6, 6.07) is 8.47. The van der Waals surface area contributed by atoms with Gasteiger partial charge in [0.05, 0.1) is 28.3 Å². The molecule has 2 aliphatic heterocycles. The molecule has 0 bridgehead atoms. The number of thiazole rings is 1. The molecule has 0 radical (unpaired) electrons. The Hall–Kier alpha value is -2.62. The van der Waals surface area contributed by atoms with Crippen LogP contribution in [0, 0.1) is 0 Å². The number of rotatable bonds is 7. The average molecular weight is 443 g/mol. The lowest BCUT2D eigenvalue weighted by molar-refractivity contribution is -0.123. The minimum absolute atomic E-state index is 0.406. The number of nitrogens with zero attached hydrogens (tertiary/aromatic N) is 2. The molecular formula is C22H30N6O2S. The minimum Gasteiger partial charge on any atom is -0.381 e. The first kappa shape index (κ1) is 21.6. The van der Waals surface area contributed by atoms with E-state index >= 15 is 0 Å². The molecule has 0 aliphatic carbocycles. The van der Waals surface area contributed by atoms with Crippen molar-refractivity contribution >= 4 is 39.4 Å². The third kappa shape index (κ3) is 5.00. The van der Waals surface area contributed by atoms with Gasteiger partial charge in [-0.3, -0.25) is 4.79 Å². The van der Waals surface area contributed by atoms with Crippen LogP contribution in [0.25, 0.3) is 5.70 Å². The first-order chi connectivity index (χ1) is 14.9. The van der Waals surface area contributed by atoms with Crippen molar-refractivity contribution in [3.63, 3.8) is 0 Å². The molecule has 166 valence electrons. The lowest BCUT2D eigenvalue weighted by Gasteiger charge is -2.39. The molecule has 31 heavy (non-hydrogen) atoms. The molecule has 1 aromatic carbocycles. The number of carbonyl (C=O) groups is 1.